The molecular formula is C31H36F3N7O. The molecule has 0 atom stereocenters. The first-order valence-corrected chi connectivity index (χ1v) is 14.7. The van der Waals surface area contributed by atoms with Gasteiger partial charge in [-0.2, -0.15) is 23.1 Å². The number of aliphatic hydroxyl groups excluding tert-OH is 1. The van der Waals surface area contributed by atoms with Crippen LogP contribution in [0.4, 0.5) is 24.9 Å². The molecule has 0 spiro atoms. The van der Waals surface area contributed by atoms with Crippen LogP contribution in [0.5, 0.6) is 0 Å². The van der Waals surface area contributed by atoms with Crippen molar-refractivity contribution in [1.29, 1.82) is 0 Å². The van der Waals surface area contributed by atoms with Crippen molar-refractivity contribution in [2.75, 3.05) is 23.7 Å². The number of aliphatic hydroxyl groups is 1. The van der Waals surface area contributed by atoms with E-state index in [1.807, 2.05) is 10.6 Å². The molecule has 0 amide bonds. The SMILES string of the molecule is OC1CCC(Nc2nc(NC3CCN(Cc4ccccc4)CC3)c3ncn(Cc4ccc(C(F)(F)F)cc4)c3n2)CC1. The second-order valence-electron chi connectivity index (χ2n) is 11.5. The van der Waals surface area contributed by atoms with Crippen molar-refractivity contribution in [2.24, 2.45) is 0 Å². The fraction of sp³-hybridized carbons (Fsp3) is 0.452. The summed E-state index contributed by atoms with van der Waals surface area (Å²) < 4.78 is 41.0. The molecule has 8 nitrogen and oxygen atoms in total. The zero-order valence-corrected chi connectivity index (χ0v) is 23.4. The number of alkyl halides is 3. The van der Waals surface area contributed by atoms with Gasteiger partial charge in [0.1, 0.15) is 0 Å². The van der Waals surface area contributed by atoms with Crippen LogP contribution in [0.2, 0.25) is 0 Å². The third-order valence-corrected chi connectivity index (χ3v) is 8.31. The van der Waals surface area contributed by atoms with Gasteiger partial charge >= 0.3 is 6.18 Å². The molecule has 0 radical (unpaired) electrons. The van der Waals surface area contributed by atoms with E-state index in [2.05, 4.69) is 44.8 Å². The second kappa shape index (κ2) is 12.3. The molecule has 1 aliphatic heterocycles. The molecule has 3 N–H and O–H groups in total. The smallest absolute Gasteiger partial charge is 0.393 e. The van der Waals surface area contributed by atoms with Crippen molar-refractivity contribution in [3.8, 4) is 0 Å². The Kier molecular flexibility index (Phi) is 8.30. The normalized spacial score (nSPS) is 20.6. The Morgan fingerprint density at radius 2 is 1.45 bits per heavy atom. The monoisotopic (exact) mass is 579 g/mol. The van der Waals surface area contributed by atoms with Crippen LogP contribution in [0.3, 0.4) is 0 Å². The Bertz CT molecular complexity index is 1460. The van der Waals surface area contributed by atoms with E-state index >= 15 is 0 Å². The summed E-state index contributed by atoms with van der Waals surface area (Å²) in [6.07, 6.45) is 2.10. The molecule has 0 bridgehead atoms. The summed E-state index contributed by atoms with van der Waals surface area (Å²) in [5.41, 5.74) is 2.61. The van der Waals surface area contributed by atoms with Gasteiger partial charge < -0.3 is 20.3 Å². The first kappa shape index (κ1) is 28.4. The Morgan fingerprint density at radius 3 is 2.14 bits per heavy atom. The van der Waals surface area contributed by atoms with Crippen molar-refractivity contribution < 1.29 is 18.3 Å². The van der Waals surface area contributed by atoms with Crippen LogP contribution in [0, 0.1) is 0 Å². The third kappa shape index (κ3) is 6.84. The van der Waals surface area contributed by atoms with E-state index in [1.54, 1.807) is 6.33 Å². The number of fused-ring (bicyclic) bond motifs is 1. The van der Waals surface area contributed by atoms with Crippen LogP contribution in [-0.2, 0) is 19.3 Å². The second-order valence-corrected chi connectivity index (χ2v) is 11.5. The summed E-state index contributed by atoms with van der Waals surface area (Å²) in [4.78, 5) is 16.7. The predicted molar refractivity (Wildman–Crippen MR) is 156 cm³/mol. The number of nitrogens with one attached hydrogen (secondary N) is 2. The molecule has 2 aromatic carbocycles. The minimum absolute atomic E-state index is 0.159. The lowest BCUT2D eigenvalue weighted by Crippen LogP contribution is -2.38. The molecule has 3 heterocycles. The van der Waals surface area contributed by atoms with Gasteiger partial charge in [0.25, 0.3) is 0 Å². The van der Waals surface area contributed by atoms with E-state index in [0.717, 1.165) is 75.9 Å². The van der Waals surface area contributed by atoms with E-state index in [4.69, 9.17) is 9.97 Å². The van der Waals surface area contributed by atoms with Crippen LogP contribution < -0.4 is 10.6 Å². The number of aromatic nitrogens is 4. The third-order valence-electron chi connectivity index (χ3n) is 8.31. The molecule has 1 saturated heterocycles. The summed E-state index contributed by atoms with van der Waals surface area (Å²) in [5.74, 6) is 1.15. The molecule has 2 aromatic heterocycles. The highest BCUT2D eigenvalue weighted by molar-refractivity contribution is 5.84. The van der Waals surface area contributed by atoms with Gasteiger partial charge in [-0.15, -0.1) is 0 Å². The van der Waals surface area contributed by atoms with Crippen LogP contribution in [0.15, 0.2) is 60.9 Å². The maximum absolute atomic E-state index is 13.1. The average Bonchev–Trinajstić information content (AvgIpc) is 3.38. The molecule has 1 saturated carbocycles. The number of halogens is 3. The van der Waals surface area contributed by atoms with E-state index in [1.165, 1.54) is 17.7 Å². The molecule has 4 aromatic rings. The number of rotatable bonds is 8. The zero-order chi connectivity index (χ0) is 29.1. The Balaban J connectivity index is 1.21. The largest absolute Gasteiger partial charge is 0.416 e. The molecule has 42 heavy (non-hydrogen) atoms. The maximum atomic E-state index is 13.1. The zero-order valence-electron chi connectivity index (χ0n) is 23.4. The number of imidazole rings is 1. The molecule has 222 valence electrons. The van der Waals surface area contributed by atoms with Gasteiger partial charge in [0.15, 0.2) is 17.0 Å². The van der Waals surface area contributed by atoms with Crippen LogP contribution in [-0.4, -0.2) is 60.8 Å². The number of hydrogen-bond acceptors (Lipinski definition) is 7. The Labute approximate surface area is 243 Å². The highest BCUT2D eigenvalue weighted by Crippen LogP contribution is 2.30. The predicted octanol–water partition coefficient (Wildman–Crippen LogP) is 5.69. The van der Waals surface area contributed by atoms with Gasteiger partial charge in [0.05, 0.1) is 24.5 Å². The molecular weight excluding hydrogens is 543 g/mol. The van der Waals surface area contributed by atoms with Gasteiger partial charge in [-0.05, 0) is 61.8 Å². The van der Waals surface area contributed by atoms with Crippen molar-refractivity contribution in [2.45, 2.75) is 76.0 Å². The van der Waals surface area contributed by atoms with Crippen molar-refractivity contribution >= 4 is 22.9 Å². The highest BCUT2D eigenvalue weighted by atomic mass is 19.4. The summed E-state index contributed by atoms with van der Waals surface area (Å²) in [6, 6.07) is 16.1. The van der Waals surface area contributed by atoms with Gasteiger partial charge in [-0.3, -0.25) is 4.90 Å². The fourth-order valence-corrected chi connectivity index (χ4v) is 5.89. The summed E-state index contributed by atoms with van der Waals surface area (Å²) in [6.45, 7) is 3.21. The highest BCUT2D eigenvalue weighted by Gasteiger charge is 2.30. The van der Waals surface area contributed by atoms with Gasteiger partial charge in [-0.25, -0.2) is 4.98 Å². The molecule has 0 unspecified atom stereocenters. The van der Waals surface area contributed by atoms with Crippen molar-refractivity contribution in [3.63, 3.8) is 0 Å². The van der Waals surface area contributed by atoms with Gasteiger partial charge in [0.2, 0.25) is 5.95 Å². The molecule has 11 heteroatoms. The van der Waals surface area contributed by atoms with Crippen molar-refractivity contribution in [3.05, 3.63) is 77.6 Å². The minimum Gasteiger partial charge on any atom is -0.393 e. The lowest BCUT2D eigenvalue weighted by atomic mass is 9.93. The van der Waals surface area contributed by atoms with Gasteiger partial charge in [0, 0.05) is 31.7 Å². The Morgan fingerprint density at radius 1 is 0.786 bits per heavy atom. The Hall–Kier alpha value is -3.70. The number of benzene rings is 2. The minimum atomic E-state index is -4.37. The number of likely N-dealkylation sites (tertiary alicyclic amines) is 1. The van der Waals surface area contributed by atoms with E-state index in [-0.39, 0.29) is 18.2 Å². The first-order valence-electron chi connectivity index (χ1n) is 14.7. The number of anilines is 2. The molecule has 2 fully saturated rings. The topological polar surface area (TPSA) is 91.1 Å². The van der Waals surface area contributed by atoms with E-state index in [9.17, 15) is 18.3 Å². The molecule has 2 aliphatic rings. The summed E-state index contributed by atoms with van der Waals surface area (Å²) in [7, 11) is 0. The van der Waals surface area contributed by atoms with Crippen LogP contribution >= 0.6 is 0 Å². The fourth-order valence-electron chi connectivity index (χ4n) is 5.89. The number of hydrogen-bond donors (Lipinski definition) is 3. The average molecular weight is 580 g/mol. The van der Waals surface area contributed by atoms with Crippen LogP contribution in [0.25, 0.3) is 11.2 Å². The standard InChI is InChI=1S/C31H36F3N7O/c32-31(33,34)23-8-6-22(7-9-23)19-41-20-35-27-28(38-30(39-29(27)41)37-24-10-12-26(42)13-11-24)36-25-14-16-40(17-15-25)18-21-4-2-1-3-5-21/h1-9,20,24-26,42H,10-19H2,(H2,36,37,38,39). The summed E-state index contributed by atoms with van der Waals surface area (Å²) >= 11 is 0. The lowest BCUT2D eigenvalue weighted by Gasteiger charge is -2.32. The molecule has 1 aliphatic carbocycles. The number of piperidine rings is 1. The summed E-state index contributed by atoms with van der Waals surface area (Å²) in [5, 5.41) is 17.0. The van der Waals surface area contributed by atoms with E-state index < -0.39 is 11.7 Å². The van der Waals surface area contributed by atoms with E-state index in [0.29, 0.717) is 29.5 Å². The lowest BCUT2D eigenvalue weighted by molar-refractivity contribution is -0.137. The van der Waals surface area contributed by atoms with Gasteiger partial charge in [-0.1, -0.05) is 42.5 Å². The number of nitrogens with zero attached hydrogens (tertiary/aromatic N) is 5. The maximum Gasteiger partial charge on any atom is 0.416 e. The van der Waals surface area contributed by atoms with Crippen molar-refractivity contribution in [1.82, 2.24) is 24.4 Å². The van der Waals surface area contributed by atoms with Crippen LogP contribution in [0.1, 0.15) is 55.2 Å². The quantitative estimate of drug-likeness (QED) is 0.247. The molecule has 6 rings (SSSR count). The first-order chi connectivity index (χ1) is 20.3.